The highest BCUT2D eigenvalue weighted by atomic mass is 35.5. The van der Waals surface area contributed by atoms with Gasteiger partial charge in [-0.05, 0) is 58.2 Å². The molecular weight excluding hydrogens is 493 g/mol. The highest BCUT2D eigenvalue weighted by Gasteiger charge is 2.58. The van der Waals surface area contributed by atoms with Crippen LogP contribution in [0.2, 0.25) is 5.02 Å². The normalized spacial score (nSPS) is 14.1. The Morgan fingerprint density at radius 3 is 2.00 bits per heavy atom. The van der Waals surface area contributed by atoms with E-state index in [1.807, 2.05) is 0 Å². The molecule has 0 heterocycles. The largest absolute Gasteiger partial charge is 0.424 e. The van der Waals surface area contributed by atoms with Crippen LogP contribution in [-0.4, -0.2) is 11.0 Å². The van der Waals surface area contributed by atoms with Crippen molar-refractivity contribution < 1.29 is 26.8 Å². The topological polar surface area (TPSA) is 35.2 Å². The molecule has 0 aromatic heterocycles. The lowest BCUT2D eigenvalue weighted by Crippen LogP contribution is -2.47. The second-order valence-electron chi connectivity index (χ2n) is 8.10. The number of rotatable bonds is 7. The van der Waals surface area contributed by atoms with Crippen LogP contribution < -0.4 is 5.90 Å². The van der Waals surface area contributed by atoms with E-state index in [1.54, 1.807) is 43.3 Å². The van der Waals surface area contributed by atoms with E-state index >= 15 is 0 Å². The van der Waals surface area contributed by atoms with Crippen molar-refractivity contribution in [1.82, 2.24) is 0 Å². The molecule has 0 aliphatic heterocycles. The summed E-state index contributed by atoms with van der Waals surface area (Å²) in [5.74, 6) is 1.79. The molecule has 0 saturated heterocycles. The standard InChI is InChI=1S/C25H21ClF5NOS/c1-14(19-8-9-20(15(2)34)22-7-5-4-6-21(19)22)13-24(33-32,25(29,30)31)17-10-16(23(3,27)28)11-18(26)12-17/h4-12H,1,13,32H2,2-3H3. The summed E-state index contributed by atoms with van der Waals surface area (Å²) in [5.41, 5.74) is -3.29. The van der Waals surface area contributed by atoms with Gasteiger partial charge < -0.3 is 0 Å². The number of alkyl halides is 5. The number of fused-ring (bicyclic) bond motifs is 1. The maximum absolute atomic E-state index is 14.5. The molecule has 1 atom stereocenters. The van der Waals surface area contributed by atoms with Gasteiger partial charge in [0.1, 0.15) is 0 Å². The number of benzene rings is 3. The van der Waals surface area contributed by atoms with Crippen molar-refractivity contribution in [2.45, 2.75) is 38.0 Å². The van der Waals surface area contributed by atoms with Gasteiger partial charge in [-0.3, -0.25) is 4.84 Å². The van der Waals surface area contributed by atoms with Gasteiger partial charge in [-0.1, -0.05) is 66.8 Å². The average Bonchev–Trinajstić information content (AvgIpc) is 2.74. The van der Waals surface area contributed by atoms with Gasteiger partial charge in [0.05, 0.1) is 0 Å². The molecule has 2 nitrogen and oxygen atoms in total. The third kappa shape index (κ3) is 4.86. The van der Waals surface area contributed by atoms with Crippen LogP contribution in [0.25, 0.3) is 16.3 Å². The molecule has 0 fully saturated rings. The summed E-state index contributed by atoms with van der Waals surface area (Å²) in [6.45, 7) is 6.18. The van der Waals surface area contributed by atoms with Crippen LogP contribution >= 0.6 is 23.8 Å². The van der Waals surface area contributed by atoms with Crippen LogP contribution in [0.5, 0.6) is 0 Å². The number of thiocarbonyl (C=S) groups is 1. The van der Waals surface area contributed by atoms with E-state index in [2.05, 4.69) is 11.4 Å². The minimum Gasteiger partial charge on any atom is -0.283 e. The van der Waals surface area contributed by atoms with Crippen LogP contribution in [-0.2, 0) is 16.4 Å². The lowest BCUT2D eigenvalue weighted by atomic mass is 9.82. The summed E-state index contributed by atoms with van der Waals surface area (Å²) >= 11 is 11.2. The molecule has 0 saturated carbocycles. The van der Waals surface area contributed by atoms with E-state index in [4.69, 9.17) is 29.7 Å². The van der Waals surface area contributed by atoms with Crippen molar-refractivity contribution in [3.05, 3.63) is 88.5 Å². The fourth-order valence-electron chi connectivity index (χ4n) is 3.93. The zero-order chi connectivity index (χ0) is 25.5. The van der Waals surface area contributed by atoms with Gasteiger partial charge in [0.25, 0.3) is 5.92 Å². The van der Waals surface area contributed by atoms with Crippen LogP contribution in [0, 0.1) is 0 Å². The van der Waals surface area contributed by atoms with Gasteiger partial charge in [0, 0.05) is 28.8 Å². The summed E-state index contributed by atoms with van der Waals surface area (Å²) in [6, 6.07) is 12.9. The monoisotopic (exact) mass is 513 g/mol. The van der Waals surface area contributed by atoms with Crippen molar-refractivity contribution >= 4 is 45.0 Å². The lowest BCUT2D eigenvalue weighted by molar-refractivity contribution is -0.285. The molecule has 2 N–H and O–H groups in total. The van der Waals surface area contributed by atoms with Gasteiger partial charge in [0.15, 0.2) is 0 Å². The molecule has 0 radical (unpaired) electrons. The lowest BCUT2D eigenvalue weighted by Gasteiger charge is -2.35. The highest BCUT2D eigenvalue weighted by molar-refractivity contribution is 7.80. The molecule has 0 aliphatic rings. The van der Waals surface area contributed by atoms with Crippen LogP contribution in [0.15, 0.2) is 61.2 Å². The second-order valence-corrected chi connectivity index (χ2v) is 9.15. The molecule has 3 aromatic carbocycles. The Kier molecular flexibility index (Phi) is 7.20. The molecule has 0 bridgehead atoms. The van der Waals surface area contributed by atoms with Crippen molar-refractivity contribution in [2.24, 2.45) is 5.90 Å². The third-order valence-electron chi connectivity index (χ3n) is 5.68. The molecule has 9 heteroatoms. The number of hydrogen-bond acceptors (Lipinski definition) is 3. The van der Waals surface area contributed by atoms with Gasteiger partial charge in [-0.2, -0.15) is 13.2 Å². The Bertz CT molecular complexity index is 1270. The molecule has 3 aromatic rings. The molecule has 1 unspecified atom stereocenters. The highest BCUT2D eigenvalue weighted by Crippen LogP contribution is 2.49. The average molecular weight is 514 g/mol. The van der Waals surface area contributed by atoms with E-state index in [0.29, 0.717) is 28.8 Å². The van der Waals surface area contributed by atoms with E-state index in [9.17, 15) is 22.0 Å². The fourth-order valence-corrected chi connectivity index (χ4v) is 4.34. The quantitative estimate of drug-likeness (QED) is 0.150. The summed E-state index contributed by atoms with van der Waals surface area (Å²) in [5, 5.41) is 1.07. The first-order valence-corrected chi connectivity index (χ1v) is 10.8. The van der Waals surface area contributed by atoms with Crippen molar-refractivity contribution in [1.29, 1.82) is 0 Å². The Labute approximate surface area is 204 Å². The first-order valence-electron chi connectivity index (χ1n) is 10.1. The SMILES string of the molecule is C=C(CC(ON)(c1cc(Cl)cc(C(C)(F)F)c1)C(F)(F)F)c1ccc(C(C)=S)c2ccccc12. The predicted octanol–water partition coefficient (Wildman–Crippen LogP) is 8.09. The smallest absolute Gasteiger partial charge is 0.283 e. The molecule has 3 rings (SSSR count). The number of nitrogens with two attached hydrogens (primary N) is 1. The van der Waals surface area contributed by atoms with Gasteiger partial charge in [0.2, 0.25) is 5.60 Å². The third-order valence-corrected chi connectivity index (χ3v) is 6.11. The summed E-state index contributed by atoms with van der Waals surface area (Å²) in [7, 11) is 0. The summed E-state index contributed by atoms with van der Waals surface area (Å²) in [4.78, 5) is 5.19. The van der Waals surface area contributed by atoms with E-state index in [1.165, 1.54) is 0 Å². The Morgan fingerprint density at radius 1 is 0.971 bits per heavy atom. The first kappa shape index (κ1) is 26.2. The van der Waals surface area contributed by atoms with Crippen LogP contribution in [0.3, 0.4) is 0 Å². The number of halogens is 6. The van der Waals surface area contributed by atoms with Crippen molar-refractivity contribution in [2.75, 3.05) is 0 Å². The van der Waals surface area contributed by atoms with Crippen molar-refractivity contribution in [3.8, 4) is 0 Å². The van der Waals surface area contributed by atoms with E-state index in [-0.39, 0.29) is 10.6 Å². The summed E-state index contributed by atoms with van der Waals surface area (Å²) < 4.78 is 71.4. The van der Waals surface area contributed by atoms with E-state index < -0.39 is 35.2 Å². The fraction of sp³-hybridized carbons (Fsp3) is 0.240. The molecule has 0 aliphatic carbocycles. The molecule has 34 heavy (non-hydrogen) atoms. The first-order chi connectivity index (χ1) is 15.7. The Morgan fingerprint density at radius 2 is 1.50 bits per heavy atom. The van der Waals surface area contributed by atoms with Gasteiger partial charge >= 0.3 is 6.18 Å². The minimum absolute atomic E-state index is 0.0392. The molecule has 0 amide bonds. The van der Waals surface area contributed by atoms with Crippen molar-refractivity contribution in [3.63, 3.8) is 0 Å². The van der Waals surface area contributed by atoms with E-state index in [0.717, 1.165) is 23.1 Å². The Balaban J connectivity index is 2.20. The molecule has 0 spiro atoms. The maximum Gasteiger partial charge on any atom is 0.424 e. The van der Waals surface area contributed by atoms with Gasteiger partial charge in [-0.15, -0.1) is 0 Å². The Hall–Kier alpha value is -2.39. The van der Waals surface area contributed by atoms with Crippen LogP contribution in [0.4, 0.5) is 22.0 Å². The minimum atomic E-state index is -5.09. The number of hydrogen-bond donors (Lipinski definition) is 1. The van der Waals surface area contributed by atoms with Gasteiger partial charge in [-0.25, -0.2) is 14.7 Å². The van der Waals surface area contributed by atoms with Crippen LogP contribution in [0.1, 0.15) is 42.5 Å². The summed E-state index contributed by atoms with van der Waals surface area (Å²) in [6.07, 6.45) is -5.95. The predicted molar refractivity (Wildman–Crippen MR) is 129 cm³/mol. The second kappa shape index (κ2) is 9.34. The molecular formula is C25H21ClF5NOS. The zero-order valence-corrected chi connectivity index (χ0v) is 19.8. The molecule has 180 valence electrons. The maximum atomic E-state index is 14.5. The zero-order valence-electron chi connectivity index (χ0n) is 18.3.